The van der Waals surface area contributed by atoms with E-state index >= 15 is 0 Å². The van der Waals surface area contributed by atoms with E-state index in [1.165, 1.54) is 0 Å². The lowest BCUT2D eigenvalue weighted by Gasteiger charge is -2.21. The normalized spacial score (nSPS) is 13.4. The maximum atomic E-state index is 12.0. The van der Waals surface area contributed by atoms with Crippen LogP contribution in [-0.2, 0) is 33.6 Å². The molecule has 0 heterocycles. The minimum absolute atomic E-state index is 0.247. The average Bonchev–Trinajstić information content (AvgIpc) is 3.04. The lowest BCUT2D eigenvalue weighted by atomic mass is 9.89. The van der Waals surface area contributed by atoms with Gasteiger partial charge in [0.05, 0.1) is 39.1 Å². The van der Waals surface area contributed by atoms with Gasteiger partial charge in [0.2, 0.25) is 0 Å². The zero-order valence-electron chi connectivity index (χ0n) is 28.9. The maximum absolute atomic E-state index is 12.0. The van der Waals surface area contributed by atoms with Gasteiger partial charge in [-0.3, -0.25) is 14.4 Å². The van der Waals surface area contributed by atoms with Crippen LogP contribution in [0.15, 0.2) is 36.4 Å². The van der Waals surface area contributed by atoms with E-state index in [4.69, 9.17) is 14.2 Å². The molecule has 0 radical (unpaired) electrons. The van der Waals surface area contributed by atoms with E-state index in [0.29, 0.717) is 53.8 Å². The second-order valence-corrected chi connectivity index (χ2v) is 13.2. The molecule has 0 aliphatic carbocycles. The van der Waals surface area contributed by atoms with Crippen LogP contribution in [0.2, 0.25) is 0 Å². The Morgan fingerprint density at radius 2 is 0.708 bits per heavy atom. The van der Waals surface area contributed by atoms with Gasteiger partial charge in [-0.05, 0) is 86.5 Å². The largest absolute Gasteiger partial charge is 0.493 e. The summed E-state index contributed by atoms with van der Waals surface area (Å²) in [7, 11) is 0. The minimum atomic E-state index is -0.999. The number of fused-ring (bicyclic) bond motifs is 6. The molecule has 0 unspecified atom stereocenters. The summed E-state index contributed by atoms with van der Waals surface area (Å²) in [6.45, 7) is 13.6. The molecule has 9 heteroatoms. The van der Waals surface area contributed by atoms with Gasteiger partial charge in [-0.1, -0.05) is 60.8 Å². The van der Waals surface area contributed by atoms with E-state index in [9.17, 15) is 29.7 Å². The maximum Gasteiger partial charge on any atom is 0.307 e. The van der Waals surface area contributed by atoms with E-state index < -0.39 is 17.9 Å². The first-order chi connectivity index (χ1) is 22.8. The number of ether oxygens (including phenoxy) is 3. The summed E-state index contributed by atoms with van der Waals surface area (Å²) < 4.78 is 18.7. The molecule has 0 saturated heterocycles. The van der Waals surface area contributed by atoms with Crippen LogP contribution >= 0.6 is 0 Å². The third kappa shape index (κ3) is 8.68. The highest BCUT2D eigenvalue weighted by atomic mass is 16.5. The molecule has 4 aromatic rings. The molecule has 0 aliphatic rings. The van der Waals surface area contributed by atoms with E-state index in [-0.39, 0.29) is 37.0 Å². The van der Waals surface area contributed by atoms with Crippen molar-refractivity contribution in [3.63, 3.8) is 0 Å². The molecule has 0 spiro atoms. The van der Waals surface area contributed by atoms with Gasteiger partial charge in [0.15, 0.2) is 0 Å². The van der Waals surface area contributed by atoms with Crippen LogP contribution < -0.4 is 14.2 Å². The summed E-state index contributed by atoms with van der Waals surface area (Å²) in [5.74, 6) is -0.885. The lowest BCUT2D eigenvalue weighted by molar-refractivity contribution is -0.137. The number of benzene rings is 4. The second kappa shape index (κ2) is 16.0. The van der Waals surface area contributed by atoms with Crippen LogP contribution in [-0.4, -0.2) is 53.0 Å². The molecule has 4 rings (SSSR count). The van der Waals surface area contributed by atoms with E-state index in [2.05, 4.69) is 41.5 Å². The van der Waals surface area contributed by atoms with Crippen molar-refractivity contribution in [1.29, 1.82) is 0 Å². The fraction of sp³-hybridized carbons (Fsp3) is 0.462. The Morgan fingerprint density at radius 1 is 0.479 bits per heavy atom. The molecule has 4 aromatic carbocycles. The summed E-state index contributed by atoms with van der Waals surface area (Å²) in [5, 5.41) is 34.0. The summed E-state index contributed by atoms with van der Waals surface area (Å²) in [5.41, 5.74) is 1.53. The number of carboxylic acids is 3. The molecule has 48 heavy (non-hydrogen) atoms. The Morgan fingerprint density at radius 3 is 0.917 bits per heavy atom. The smallest absolute Gasteiger partial charge is 0.307 e. The quantitative estimate of drug-likeness (QED) is 0.0899. The third-order valence-corrected chi connectivity index (χ3v) is 9.16. The minimum Gasteiger partial charge on any atom is -0.493 e. The number of carbonyl (C=O) groups is 3. The van der Waals surface area contributed by atoms with E-state index in [1.54, 1.807) is 0 Å². The molecule has 9 nitrogen and oxygen atoms in total. The van der Waals surface area contributed by atoms with Gasteiger partial charge in [0, 0.05) is 16.7 Å². The summed E-state index contributed by atoms with van der Waals surface area (Å²) in [4.78, 5) is 36.1. The van der Waals surface area contributed by atoms with E-state index in [1.807, 2.05) is 36.4 Å². The van der Waals surface area contributed by atoms with Gasteiger partial charge in [-0.2, -0.15) is 0 Å². The van der Waals surface area contributed by atoms with Crippen LogP contribution in [0.3, 0.4) is 0 Å². The van der Waals surface area contributed by atoms with Gasteiger partial charge in [0.1, 0.15) is 17.2 Å². The lowest BCUT2D eigenvalue weighted by Crippen LogP contribution is -2.11. The number of rotatable bonds is 18. The van der Waals surface area contributed by atoms with Crippen molar-refractivity contribution in [3.05, 3.63) is 53.1 Å². The van der Waals surface area contributed by atoms with Crippen LogP contribution in [0.25, 0.3) is 32.3 Å². The van der Waals surface area contributed by atoms with Gasteiger partial charge >= 0.3 is 17.9 Å². The molecule has 0 saturated carbocycles. The Labute approximate surface area is 281 Å². The molecule has 0 bridgehead atoms. The predicted molar refractivity (Wildman–Crippen MR) is 188 cm³/mol. The Balaban J connectivity index is 2.15. The second-order valence-electron chi connectivity index (χ2n) is 13.2. The van der Waals surface area contributed by atoms with Crippen LogP contribution in [0.5, 0.6) is 17.2 Å². The molecule has 0 aromatic heterocycles. The highest BCUT2D eigenvalue weighted by Crippen LogP contribution is 2.43. The van der Waals surface area contributed by atoms with Gasteiger partial charge in [0.25, 0.3) is 0 Å². The Bertz CT molecular complexity index is 1570. The van der Waals surface area contributed by atoms with Crippen molar-refractivity contribution in [2.24, 2.45) is 17.8 Å². The monoisotopic (exact) mass is 660 g/mol. The molecular formula is C39H48O9. The highest BCUT2D eigenvalue weighted by molar-refractivity contribution is 6.26. The van der Waals surface area contributed by atoms with Gasteiger partial charge in [-0.25, -0.2) is 0 Å². The fourth-order valence-electron chi connectivity index (χ4n) is 5.57. The summed E-state index contributed by atoms with van der Waals surface area (Å²) in [6, 6.07) is 11.1. The highest BCUT2D eigenvalue weighted by Gasteiger charge is 2.21. The first-order valence-corrected chi connectivity index (χ1v) is 16.9. The fourth-order valence-corrected chi connectivity index (χ4v) is 5.57. The molecule has 3 N–H and O–H groups in total. The van der Waals surface area contributed by atoms with Crippen molar-refractivity contribution < 1.29 is 43.9 Å². The van der Waals surface area contributed by atoms with Crippen LogP contribution in [0, 0.1) is 17.8 Å². The predicted octanol–water partition coefficient (Wildman–Crippen LogP) is 8.30. The number of carboxylic acid groups (broad SMARTS) is 3. The molecule has 0 fully saturated rings. The van der Waals surface area contributed by atoms with Crippen molar-refractivity contribution in [2.45, 2.75) is 80.1 Å². The van der Waals surface area contributed by atoms with Crippen molar-refractivity contribution in [1.82, 2.24) is 0 Å². The van der Waals surface area contributed by atoms with E-state index in [0.717, 1.165) is 51.6 Å². The number of aliphatic carboxylic acids is 3. The zero-order valence-corrected chi connectivity index (χ0v) is 28.9. The molecule has 0 amide bonds. The first-order valence-electron chi connectivity index (χ1n) is 16.9. The number of hydrogen-bond donors (Lipinski definition) is 3. The van der Waals surface area contributed by atoms with Crippen molar-refractivity contribution in [3.8, 4) is 17.2 Å². The molecule has 258 valence electrons. The average molecular weight is 661 g/mol. The standard InChI is InChI=1S/C39H48O9/c1-7-22(4)19-46-34-16-31-28(10-25(34)13-37(40)41)32-17-35(47-20-23(5)8-2)27(15-39(44)45)12-30(32)33-18-36(48-21-24(6)9-3)26(11-29(31)33)14-38(42)43/h10-12,16-18,22-24H,7-9,13-15,19-21H2,1-6H3,(H,40,41)(H,42,43)(H,44,45)/t22-,23-,24-/m0/s1. The SMILES string of the molecule is CC[C@H](C)COc1cc2c(cc1CC(=O)O)c1cc(OC[C@@H](C)CC)c(CC(=O)O)cc1c1cc(OC[C@@H](C)CC)c(CC(=O)O)cc21. The zero-order chi connectivity index (χ0) is 35.1. The van der Waals surface area contributed by atoms with Crippen molar-refractivity contribution >= 4 is 50.2 Å². The topological polar surface area (TPSA) is 140 Å². The molecular weight excluding hydrogens is 612 g/mol. The Hall–Kier alpha value is -4.53. The molecule has 3 atom stereocenters. The molecule has 0 aliphatic heterocycles. The first kappa shape index (κ1) is 36.3. The Kier molecular flexibility index (Phi) is 12.1. The van der Waals surface area contributed by atoms with Crippen LogP contribution in [0.4, 0.5) is 0 Å². The number of hydrogen-bond acceptors (Lipinski definition) is 6. The summed E-state index contributed by atoms with van der Waals surface area (Å²) >= 11 is 0. The summed E-state index contributed by atoms with van der Waals surface area (Å²) in [6.07, 6.45) is 1.91. The van der Waals surface area contributed by atoms with Crippen LogP contribution in [0.1, 0.15) is 77.5 Å². The van der Waals surface area contributed by atoms with Gasteiger partial charge in [-0.15, -0.1) is 0 Å². The van der Waals surface area contributed by atoms with Gasteiger partial charge < -0.3 is 29.5 Å². The van der Waals surface area contributed by atoms with Crippen molar-refractivity contribution in [2.75, 3.05) is 19.8 Å². The third-order valence-electron chi connectivity index (χ3n) is 9.16.